The third-order valence-corrected chi connectivity index (χ3v) is 2.33. The minimum Gasteiger partial charge on any atom is -0.494 e. The van der Waals surface area contributed by atoms with Gasteiger partial charge < -0.3 is 4.74 Å². The van der Waals surface area contributed by atoms with Gasteiger partial charge in [-0.05, 0) is 42.6 Å². The number of unbranched alkanes of at least 4 members (excludes halogenated alkanes) is 1. The standard InChI is InChI=1S/C10H12BrN3O/c11-9-3-5-10(6-4-9)15-8-2-1-7-13-14-12/h3-6H,1-2,7-8H2. The van der Waals surface area contributed by atoms with Crippen LogP contribution in [0.25, 0.3) is 10.4 Å². The molecule has 1 rings (SSSR count). The first-order chi connectivity index (χ1) is 7.33. The van der Waals surface area contributed by atoms with Gasteiger partial charge >= 0.3 is 0 Å². The summed E-state index contributed by atoms with van der Waals surface area (Å²) in [6, 6.07) is 7.71. The number of azide groups is 1. The van der Waals surface area contributed by atoms with Crippen LogP contribution in [0.5, 0.6) is 5.75 Å². The topological polar surface area (TPSA) is 58.0 Å². The molecule has 0 unspecified atom stereocenters. The Balaban J connectivity index is 2.15. The zero-order chi connectivity index (χ0) is 10.9. The Morgan fingerprint density at radius 2 is 2.00 bits per heavy atom. The van der Waals surface area contributed by atoms with Gasteiger partial charge in [0.1, 0.15) is 5.75 Å². The fourth-order valence-electron chi connectivity index (χ4n) is 1.05. The molecule has 15 heavy (non-hydrogen) atoms. The molecule has 0 aliphatic heterocycles. The van der Waals surface area contributed by atoms with Gasteiger partial charge in [0.15, 0.2) is 0 Å². The van der Waals surface area contributed by atoms with Crippen molar-refractivity contribution in [2.45, 2.75) is 12.8 Å². The van der Waals surface area contributed by atoms with Crippen molar-refractivity contribution in [1.29, 1.82) is 0 Å². The average molecular weight is 270 g/mol. The van der Waals surface area contributed by atoms with Gasteiger partial charge in [0.05, 0.1) is 6.61 Å². The Hall–Kier alpha value is -1.19. The number of halogens is 1. The second-order valence-electron chi connectivity index (χ2n) is 2.96. The van der Waals surface area contributed by atoms with E-state index in [1.165, 1.54) is 0 Å². The van der Waals surface area contributed by atoms with E-state index in [1.807, 2.05) is 24.3 Å². The minimum atomic E-state index is 0.542. The summed E-state index contributed by atoms with van der Waals surface area (Å²) in [5, 5.41) is 3.45. The lowest BCUT2D eigenvalue weighted by molar-refractivity contribution is 0.308. The summed E-state index contributed by atoms with van der Waals surface area (Å²) >= 11 is 3.35. The molecule has 80 valence electrons. The van der Waals surface area contributed by atoms with Gasteiger partial charge in [0.25, 0.3) is 0 Å². The average Bonchev–Trinajstić information content (AvgIpc) is 2.26. The number of rotatable bonds is 6. The quantitative estimate of drug-likeness (QED) is 0.334. The van der Waals surface area contributed by atoms with Gasteiger partial charge in [-0.15, -0.1) is 0 Å². The van der Waals surface area contributed by atoms with Crippen LogP contribution in [0, 0.1) is 0 Å². The number of hydrogen-bond donors (Lipinski definition) is 0. The molecule has 0 atom stereocenters. The summed E-state index contributed by atoms with van der Waals surface area (Å²) in [4.78, 5) is 2.68. The number of benzene rings is 1. The molecule has 0 amide bonds. The van der Waals surface area contributed by atoms with Gasteiger partial charge in [-0.1, -0.05) is 21.0 Å². The van der Waals surface area contributed by atoms with Crippen LogP contribution in [0.3, 0.4) is 0 Å². The lowest BCUT2D eigenvalue weighted by Gasteiger charge is -2.04. The Kier molecular flexibility index (Phi) is 5.66. The van der Waals surface area contributed by atoms with E-state index < -0.39 is 0 Å². The summed E-state index contributed by atoms with van der Waals surface area (Å²) < 4.78 is 6.53. The van der Waals surface area contributed by atoms with E-state index in [4.69, 9.17) is 10.3 Å². The predicted octanol–water partition coefficient (Wildman–Crippen LogP) is 3.92. The van der Waals surface area contributed by atoms with Crippen LogP contribution in [0.1, 0.15) is 12.8 Å². The molecule has 0 N–H and O–H groups in total. The van der Waals surface area contributed by atoms with Crippen molar-refractivity contribution in [3.05, 3.63) is 39.2 Å². The Bertz CT molecular complexity index is 333. The first-order valence-electron chi connectivity index (χ1n) is 4.72. The van der Waals surface area contributed by atoms with Gasteiger partial charge in [0.2, 0.25) is 0 Å². The number of ether oxygens (including phenoxy) is 1. The first-order valence-corrected chi connectivity index (χ1v) is 5.51. The maximum atomic E-state index is 8.05. The Labute approximate surface area is 97.0 Å². The second kappa shape index (κ2) is 7.15. The molecule has 0 bridgehead atoms. The van der Waals surface area contributed by atoms with E-state index in [0.29, 0.717) is 13.2 Å². The maximum absolute atomic E-state index is 8.05. The smallest absolute Gasteiger partial charge is 0.119 e. The van der Waals surface area contributed by atoms with Crippen molar-refractivity contribution >= 4 is 15.9 Å². The summed E-state index contributed by atoms with van der Waals surface area (Å²) in [6.07, 6.45) is 1.76. The van der Waals surface area contributed by atoms with Crippen molar-refractivity contribution in [2.75, 3.05) is 13.2 Å². The molecule has 1 aromatic rings. The molecule has 0 radical (unpaired) electrons. The van der Waals surface area contributed by atoms with Crippen molar-refractivity contribution in [2.24, 2.45) is 5.11 Å². The molecule has 0 aliphatic carbocycles. The van der Waals surface area contributed by atoms with Crippen molar-refractivity contribution in [1.82, 2.24) is 0 Å². The molecule has 0 heterocycles. The van der Waals surface area contributed by atoms with Crippen LogP contribution < -0.4 is 4.74 Å². The van der Waals surface area contributed by atoms with E-state index in [2.05, 4.69) is 26.0 Å². The summed E-state index contributed by atoms with van der Waals surface area (Å²) in [6.45, 7) is 1.20. The molecule has 0 aliphatic rings. The SMILES string of the molecule is [N-]=[N+]=NCCCCOc1ccc(Br)cc1. The molecule has 1 aromatic carbocycles. The number of nitrogens with zero attached hydrogens (tertiary/aromatic N) is 3. The van der Waals surface area contributed by atoms with Crippen molar-refractivity contribution in [3.8, 4) is 5.75 Å². The fourth-order valence-corrected chi connectivity index (χ4v) is 1.31. The molecule has 0 fully saturated rings. The van der Waals surface area contributed by atoms with Crippen LogP contribution in [0.4, 0.5) is 0 Å². The van der Waals surface area contributed by atoms with Crippen LogP contribution in [-0.2, 0) is 0 Å². The van der Waals surface area contributed by atoms with E-state index in [-0.39, 0.29) is 0 Å². The van der Waals surface area contributed by atoms with Crippen LogP contribution in [0.2, 0.25) is 0 Å². The molecule has 5 heteroatoms. The largest absolute Gasteiger partial charge is 0.494 e. The number of hydrogen-bond acceptors (Lipinski definition) is 2. The molecule has 0 spiro atoms. The first kappa shape index (κ1) is 11.9. The molecule has 0 aromatic heterocycles. The van der Waals surface area contributed by atoms with Gasteiger partial charge in [-0.3, -0.25) is 0 Å². The molecular weight excluding hydrogens is 258 g/mol. The normalized spacial score (nSPS) is 9.40. The fraction of sp³-hybridized carbons (Fsp3) is 0.400. The Morgan fingerprint density at radius 3 is 2.67 bits per heavy atom. The van der Waals surface area contributed by atoms with Crippen LogP contribution in [-0.4, -0.2) is 13.2 Å². The van der Waals surface area contributed by atoms with Crippen molar-refractivity contribution in [3.63, 3.8) is 0 Å². The lowest BCUT2D eigenvalue weighted by atomic mass is 10.3. The Morgan fingerprint density at radius 1 is 1.27 bits per heavy atom. The second-order valence-corrected chi connectivity index (χ2v) is 3.88. The molecule has 4 nitrogen and oxygen atoms in total. The van der Waals surface area contributed by atoms with E-state index in [9.17, 15) is 0 Å². The van der Waals surface area contributed by atoms with Gasteiger partial charge in [-0.25, -0.2) is 0 Å². The molecule has 0 saturated carbocycles. The molecule has 0 saturated heterocycles. The van der Waals surface area contributed by atoms with E-state index in [1.54, 1.807) is 0 Å². The highest BCUT2D eigenvalue weighted by atomic mass is 79.9. The lowest BCUT2D eigenvalue weighted by Crippen LogP contribution is -1.97. The van der Waals surface area contributed by atoms with Crippen LogP contribution >= 0.6 is 15.9 Å². The minimum absolute atomic E-state index is 0.542. The highest BCUT2D eigenvalue weighted by molar-refractivity contribution is 9.10. The van der Waals surface area contributed by atoms with Gasteiger partial charge in [-0.2, -0.15) is 0 Å². The van der Waals surface area contributed by atoms with Crippen LogP contribution in [0.15, 0.2) is 33.9 Å². The third-order valence-electron chi connectivity index (χ3n) is 1.80. The summed E-state index contributed by atoms with van der Waals surface area (Å²) in [5.74, 6) is 0.863. The monoisotopic (exact) mass is 269 g/mol. The predicted molar refractivity (Wildman–Crippen MR) is 62.9 cm³/mol. The summed E-state index contributed by atoms with van der Waals surface area (Å²) in [5.41, 5.74) is 8.05. The summed E-state index contributed by atoms with van der Waals surface area (Å²) in [7, 11) is 0. The third kappa shape index (κ3) is 5.30. The van der Waals surface area contributed by atoms with Crippen molar-refractivity contribution < 1.29 is 4.74 Å². The highest BCUT2D eigenvalue weighted by Crippen LogP contribution is 2.16. The van der Waals surface area contributed by atoms with Gasteiger partial charge in [0, 0.05) is 15.9 Å². The zero-order valence-electron chi connectivity index (χ0n) is 8.27. The highest BCUT2D eigenvalue weighted by Gasteiger charge is 1.93. The molecular formula is C10H12BrN3O. The van der Waals surface area contributed by atoms with E-state index in [0.717, 1.165) is 23.1 Å². The van der Waals surface area contributed by atoms with E-state index >= 15 is 0 Å². The zero-order valence-corrected chi connectivity index (χ0v) is 9.85. The maximum Gasteiger partial charge on any atom is 0.119 e.